The van der Waals surface area contributed by atoms with Gasteiger partial charge >= 0.3 is 0 Å². The van der Waals surface area contributed by atoms with Crippen molar-refractivity contribution in [3.63, 3.8) is 0 Å². The lowest BCUT2D eigenvalue weighted by molar-refractivity contribution is -0.116. The summed E-state index contributed by atoms with van der Waals surface area (Å²) in [4.78, 5) is 13.9. The van der Waals surface area contributed by atoms with Crippen LogP contribution in [0.15, 0.2) is 0 Å². The lowest BCUT2D eigenvalue weighted by atomic mass is 10.3. The minimum absolute atomic E-state index is 0.00991. The number of carbonyl (C=O) groups is 1. The quantitative estimate of drug-likeness (QED) is 0.808. The van der Waals surface area contributed by atoms with Crippen molar-refractivity contribution >= 4 is 22.4 Å². The van der Waals surface area contributed by atoms with E-state index in [1.165, 1.54) is 11.3 Å². The maximum absolute atomic E-state index is 11.6. The largest absolute Gasteiger partial charge is 0.303 e. The average molecular weight is 256 g/mol. The number of hydrogen-bond donors (Lipinski definition) is 1. The summed E-state index contributed by atoms with van der Waals surface area (Å²) in [5.41, 5.74) is 0. The lowest BCUT2D eigenvalue weighted by Crippen LogP contribution is -2.27. The Labute approximate surface area is 106 Å². The molecule has 1 N–H and O–H groups in total. The molecule has 17 heavy (non-hydrogen) atoms. The SMILES string of the molecule is CCc1nnc(NC(=O)CCN(CC)CC)s1. The molecule has 0 atom stereocenters. The van der Waals surface area contributed by atoms with Gasteiger partial charge in [-0.2, -0.15) is 0 Å². The van der Waals surface area contributed by atoms with Crippen molar-refractivity contribution in [2.45, 2.75) is 33.6 Å². The van der Waals surface area contributed by atoms with Gasteiger partial charge in [0.1, 0.15) is 5.01 Å². The van der Waals surface area contributed by atoms with E-state index in [1.54, 1.807) is 0 Å². The summed E-state index contributed by atoms with van der Waals surface area (Å²) in [6.07, 6.45) is 1.36. The van der Waals surface area contributed by atoms with Crippen LogP contribution >= 0.6 is 11.3 Å². The van der Waals surface area contributed by atoms with Gasteiger partial charge in [0.25, 0.3) is 0 Å². The fourth-order valence-corrected chi connectivity index (χ4v) is 2.12. The maximum Gasteiger partial charge on any atom is 0.227 e. The van der Waals surface area contributed by atoms with Crippen molar-refractivity contribution in [2.75, 3.05) is 25.0 Å². The zero-order chi connectivity index (χ0) is 12.7. The Bertz CT molecular complexity index is 349. The summed E-state index contributed by atoms with van der Waals surface area (Å²) in [6, 6.07) is 0. The molecule has 1 aromatic heterocycles. The summed E-state index contributed by atoms with van der Waals surface area (Å²) in [6.45, 7) is 8.95. The molecule has 5 nitrogen and oxygen atoms in total. The lowest BCUT2D eigenvalue weighted by Gasteiger charge is -2.16. The average Bonchev–Trinajstić information content (AvgIpc) is 2.78. The van der Waals surface area contributed by atoms with E-state index in [-0.39, 0.29) is 5.91 Å². The van der Waals surface area contributed by atoms with Crippen LogP contribution in [0.2, 0.25) is 0 Å². The van der Waals surface area contributed by atoms with Crippen molar-refractivity contribution in [1.82, 2.24) is 15.1 Å². The third kappa shape index (κ3) is 4.79. The summed E-state index contributed by atoms with van der Waals surface area (Å²) in [5, 5.41) is 12.2. The van der Waals surface area contributed by atoms with Crippen LogP contribution in [0, 0.1) is 0 Å². The van der Waals surface area contributed by atoms with E-state index in [9.17, 15) is 4.79 Å². The number of aromatic nitrogens is 2. The number of carbonyl (C=O) groups excluding carboxylic acids is 1. The molecule has 1 rings (SSSR count). The molecule has 0 aliphatic carbocycles. The number of rotatable bonds is 7. The van der Waals surface area contributed by atoms with Crippen molar-refractivity contribution in [3.05, 3.63) is 5.01 Å². The van der Waals surface area contributed by atoms with Gasteiger partial charge < -0.3 is 10.2 Å². The van der Waals surface area contributed by atoms with Crippen LogP contribution in [-0.4, -0.2) is 40.6 Å². The number of amides is 1. The number of hydrogen-bond acceptors (Lipinski definition) is 5. The molecular weight excluding hydrogens is 236 g/mol. The third-order valence-electron chi connectivity index (χ3n) is 2.57. The van der Waals surface area contributed by atoms with Crippen molar-refractivity contribution < 1.29 is 4.79 Å². The van der Waals surface area contributed by atoms with E-state index >= 15 is 0 Å². The number of anilines is 1. The Kier molecular flexibility index (Phi) is 6.07. The highest BCUT2D eigenvalue weighted by molar-refractivity contribution is 7.15. The Morgan fingerprint density at radius 2 is 2.00 bits per heavy atom. The molecule has 1 amide bonds. The first-order valence-corrected chi connectivity index (χ1v) is 6.85. The van der Waals surface area contributed by atoms with Gasteiger partial charge in [0.15, 0.2) is 0 Å². The second-order valence-corrected chi connectivity index (χ2v) is 4.74. The first-order valence-electron chi connectivity index (χ1n) is 6.04. The molecular formula is C11H20N4OS. The molecule has 0 fully saturated rings. The fourth-order valence-electron chi connectivity index (χ4n) is 1.43. The van der Waals surface area contributed by atoms with Crippen LogP contribution in [0.25, 0.3) is 0 Å². The highest BCUT2D eigenvalue weighted by atomic mass is 32.1. The normalized spacial score (nSPS) is 10.8. The van der Waals surface area contributed by atoms with Gasteiger partial charge in [0, 0.05) is 13.0 Å². The molecule has 0 unspecified atom stereocenters. The van der Waals surface area contributed by atoms with Gasteiger partial charge in [0.2, 0.25) is 11.0 Å². The van der Waals surface area contributed by atoms with Crippen LogP contribution in [0.4, 0.5) is 5.13 Å². The van der Waals surface area contributed by atoms with Gasteiger partial charge in [-0.05, 0) is 19.5 Å². The van der Waals surface area contributed by atoms with E-state index in [0.29, 0.717) is 11.6 Å². The fraction of sp³-hybridized carbons (Fsp3) is 0.727. The van der Waals surface area contributed by atoms with Crippen LogP contribution in [0.3, 0.4) is 0 Å². The molecule has 1 aromatic rings. The first-order chi connectivity index (χ1) is 8.19. The highest BCUT2D eigenvalue weighted by Crippen LogP contribution is 2.15. The molecule has 0 aliphatic rings. The second kappa shape index (κ2) is 7.34. The van der Waals surface area contributed by atoms with E-state index in [2.05, 4.69) is 34.3 Å². The Balaban J connectivity index is 2.34. The molecule has 96 valence electrons. The van der Waals surface area contributed by atoms with Crippen molar-refractivity contribution in [1.29, 1.82) is 0 Å². The summed E-state index contributed by atoms with van der Waals surface area (Å²) in [7, 11) is 0. The summed E-state index contributed by atoms with van der Waals surface area (Å²) < 4.78 is 0. The molecule has 0 aliphatic heterocycles. The molecule has 6 heteroatoms. The summed E-state index contributed by atoms with van der Waals surface area (Å²) >= 11 is 1.44. The van der Waals surface area contributed by atoms with Crippen LogP contribution in [-0.2, 0) is 11.2 Å². The predicted octanol–water partition coefficient (Wildman–Crippen LogP) is 1.77. The third-order valence-corrected chi connectivity index (χ3v) is 3.55. The number of aryl methyl sites for hydroxylation is 1. The van der Waals surface area contributed by atoms with E-state index in [1.807, 2.05) is 6.92 Å². The molecule has 0 saturated heterocycles. The van der Waals surface area contributed by atoms with Crippen molar-refractivity contribution in [2.24, 2.45) is 0 Å². The van der Waals surface area contributed by atoms with E-state index in [0.717, 1.165) is 31.1 Å². The molecule has 0 radical (unpaired) electrons. The second-order valence-electron chi connectivity index (χ2n) is 3.68. The Hall–Kier alpha value is -1.01. The molecule has 0 aromatic carbocycles. The first kappa shape index (κ1) is 14.1. The zero-order valence-corrected chi connectivity index (χ0v) is 11.5. The van der Waals surface area contributed by atoms with Crippen LogP contribution < -0.4 is 5.32 Å². The maximum atomic E-state index is 11.6. The summed E-state index contributed by atoms with van der Waals surface area (Å²) in [5.74, 6) is 0.00991. The van der Waals surface area contributed by atoms with Gasteiger partial charge in [-0.15, -0.1) is 10.2 Å². The molecule has 0 spiro atoms. The molecule has 0 bridgehead atoms. The van der Waals surface area contributed by atoms with Crippen LogP contribution in [0.1, 0.15) is 32.2 Å². The van der Waals surface area contributed by atoms with E-state index in [4.69, 9.17) is 0 Å². The monoisotopic (exact) mass is 256 g/mol. The smallest absolute Gasteiger partial charge is 0.227 e. The van der Waals surface area contributed by atoms with E-state index < -0.39 is 0 Å². The van der Waals surface area contributed by atoms with Gasteiger partial charge in [-0.3, -0.25) is 4.79 Å². The van der Waals surface area contributed by atoms with Gasteiger partial charge in [0.05, 0.1) is 0 Å². The van der Waals surface area contributed by atoms with Gasteiger partial charge in [-0.1, -0.05) is 32.1 Å². The Morgan fingerprint density at radius 1 is 1.29 bits per heavy atom. The van der Waals surface area contributed by atoms with Crippen molar-refractivity contribution in [3.8, 4) is 0 Å². The minimum atomic E-state index is 0.00991. The molecule has 1 heterocycles. The van der Waals surface area contributed by atoms with Gasteiger partial charge in [-0.25, -0.2) is 0 Å². The van der Waals surface area contributed by atoms with Crippen LogP contribution in [0.5, 0.6) is 0 Å². The standard InChI is InChI=1S/C11H20N4OS/c1-4-10-13-14-11(17-10)12-9(16)7-8-15(5-2)6-3/h4-8H2,1-3H3,(H,12,14,16). The topological polar surface area (TPSA) is 58.1 Å². The zero-order valence-electron chi connectivity index (χ0n) is 10.7. The number of nitrogens with zero attached hydrogens (tertiary/aromatic N) is 3. The minimum Gasteiger partial charge on any atom is -0.303 e. The predicted molar refractivity (Wildman–Crippen MR) is 70.3 cm³/mol. The highest BCUT2D eigenvalue weighted by Gasteiger charge is 2.08. The number of nitrogens with one attached hydrogen (secondary N) is 1. The Morgan fingerprint density at radius 3 is 2.53 bits per heavy atom. The molecule has 0 saturated carbocycles.